The Morgan fingerprint density at radius 1 is 1.33 bits per heavy atom. The highest BCUT2D eigenvalue weighted by Crippen LogP contribution is 2.27. The number of hydrogen-bond donors (Lipinski definition) is 4. The van der Waals surface area contributed by atoms with Crippen molar-refractivity contribution in [3.05, 3.63) is 23.6 Å². The van der Waals surface area contributed by atoms with E-state index in [1.807, 2.05) is 0 Å². The molecule has 0 aromatic carbocycles. The molecule has 1 atom stereocenters. The van der Waals surface area contributed by atoms with E-state index < -0.39 is 0 Å². The van der Waals surface area contributed by atoms with Gasteiger partial charge < -0.3 is 21.1 Å². The van der Waals surface area contributed by atoms with E-state index in [0.717, 1.165) is 39.1 Å². The Kier molecular flexibility index (Phi) is 4.45. The molecule has 2 fully saturated rings. The van der Waals surface area contributed by atoms with Crippen LogP contribution in [0.25, 0.3) is 0 Å². The van der Waals surface area contributed by atoms with Crippen LogP contribution in [0.15, 0.2) is 23.6 Å². The van der Waals surface area contributed by atoms with Crippen molar-refractivity contribution < 1.29 is 9.90 Å². The van der Waals surface area contributed by atoms with Crippen molar-refractivity contribution in [3.63, 3.8) is 0 Å². The number of allylic oxidation sites excluding steroid dienone is 2. The third-order valence-electron chi connectivity index (χ3n) is 4.23. The lowest BCUT2D eigenvalue weighted by Crippen LogP contribution is -2.51. The molecule has 1 saturated carbocycles. The first kappa shape index (κ1) is 14.4. The second-order valence-electron chi connectivity index (χ2n) is 6.01. The van der Waals surface area contributed by atoms with E-state index in [2.05, 4.69) is 20.9 Å². The van der Waals surface area contributed by atoms with E-state index in [1.165, 1.54) is 12.8 Å². The summed E-state index contributed by atoms with van der Waals surface area (Å²) in [6.45, 7) is 4.41. The maximum absolute atomic E-state index is 12.1. The Morgan fingerprint density at radius 2 is 2.19 bits per heavy atom. The van der Waals surface area contributed by atoms with Gasteiger partial charge in [-0.15, -0.1) is 0 Å². The number of carbonyl (C=O) groups excluding carboxylic acids is 1. The fourth-order valence-electron chi connectivity index (χ4n) is 2.73. The first-order chi connectivity index (χ1) is 10.2. The standard InChI is InChI=1S/C15H24N4O2/c20-13-5-4-12(15(21)17-10-11-2-3-11)18-14(13)19-8-1-6-16-7-9-19/h4-5,11,14,16,18,20H,1-3,6-10H2,(H,17,21). The molecule has 0 aromatic heterocycles. The minimum Gasteiger partial charge on any atom is -0.509 e. The molecule has 1 saturated heterocycles. The maximum atomic E-state index is 12.1. The number of nitrogens with zero attached hydrogens (tertiary/aromatic N) is 1. The molecule has 0 spiro atoms. The van der Waals surface area contributed by atoms with Crippen molar-refractivity contribution in [1.29, 1.82) is 0 Å². The summed E-state index contributed by atoms with van der Waals surface area (Å²) in [6, 6.07) is 0. The number of hydrogen-bond acceptors (Lipinski definition) is 5. The molecule has 1 amide bonds. The number of amides is 1. The Morgan fingerprint density at radius 3 is 3.00 bits per heavy atom. The molecule has 3 aliphatic rings. The van der Waals surface area contributed by atoms with E-state index in [-0.39, 0.29) is 17.8 Å². The molecule has 0 bridgehead atoms. The predicted molar refractivity (Wildman–Crippen MR) is 80.5 cm³/mol. The predicted octanol–water partition coefficient (Wildman–Crippen LogP) is 0.0630. The van der Waals surface area contributed by atoms with Crippen LogP contribution in [0, 0.1) is 5.92 Å². The summed E-state index contributed by atoms with van der Waals surface area (Å²) in [6.07, 6.45) is 6.47. The van der Waals surface area contributed by atoms with Crippen molar-refractivity contribution in [2.75, 3.05) is 32.7 Å². The number of aliphatic hydroxyl groups excluding tert-OH is 1. The molecule has 2 heterocycles. The van der Waals surface area contributed by atoms with Crippen LogP contribution < -0.4 is 16.0 Å². The highest BCUT2D eigenvalue weighted by Gasteiger charge is 2.28. The van der Waals surface area contributed by atoms with Gasteiger partial charge in [0, 0.05) is 26.2 Å². The summed E-state index contributed by atoms with van der Waals surface area (Å²) in [5.41, 5.74) is 0.538. The van der Waals surface area contributed by atoms with E-state index in [4.69, 9.17) is 0 Å². The van der Waals surface area contributed by atoms with Crippen LogP contribution in [0.1, 0.15) is 19.3 Å². The minimum atomic E-state index is -0.295. The Labute approximate surface area is 125 Å². The van der Waals surface area contributed by atoms with Gasteiger partial charge in [-0.2, -0.15) is 0 Å². The van der Waals surface area contributed by atoms with Gasteiger partial charge in [0.15, 0.2) is 0 Å². The van der Waals surface area contributed by atoms with Gasteiger partial charge in [-0.05, 0) is 43.9 Å². The maximum Gasteiger partial charge on any atom is 0.267 e. The zero-order valence-corrected chi connectivity index (χ0v) is 12.3. The normalized spacial score (nSPS) is 27.1. The van der Waals surface area contributed by atoms with Gasteiger partial charge in [0.2, 0.25) is 0 Å². The van der Waals surface area contributed by atoms with Crippen LogP contribution in [0.4, 0.5) is 0 Å². The van der Waals surface area contributed by atoms with Crippen LogP contribution in [0.5, 0.6) is 0 Å². The van der Waals surface area contributed by atoms with Crippen molar-refractivity contribution >= 4 is 5.91 Å². The van der Waals surface area contributed by atoms with Gasteiger partial charge in [-0.25, -0.2) is 0 Å². The van der Waals surface area contributed by atoms with Crippen molar-refractivity contribution in [1.82, 2.24) is 20.9 Å². The fraction of sp³-hybridized carbons (Fsp3) is 0.667. The molecule has 0 radical (unpaired) electrons. The summed E-state index contributed by atoms with van der Waals surface area (Å²) in [7, 11) is 0. The van der Waals surface area contributed by atoms with Gasteiger partial charge in [0.05, 0.1) is 0 Å². The zero-order chi connectivity index (χ0) is 14.7. The molecule has 6 heteroatoms. The molecule has 116 valence electrons. The van der Waals surface area contributed by atoms with Crippen molar-refractivity contribution in [2.45, 2.75) is 25.4 Å². The fourth-order valence-corrected chi connectivity index (χ4v) is 2.73. The zero-order valence-electron chi connectivity index (χ0n) is 12.3. The molecule has 4 N–H and O–H groups in total. The largest absolute Gasteiger partial charge is 0.509 e. The topological polar surface area (TPSA) is 76.6 Å². The number of carbonyl (C=O) groups is 1. The van der Waals surface area contributed by atoms with Gasteiger partial charge in [0.1, 0.15) is 17.6 Å². The van der Waals surface area contributed by atoms with Crippen LogP contribution in [-0.4, -0.2) is 54.8 Å². The van der Waals surface area contributed by atoms with Gasteiger partial charge >= 0.3 is 0 Å². The summed E-state index contributed by atoms with van der Waals surface area (Å²) >= 11 is 0. The Balaban J connectivity index is 1.60. The van der Waals surface area contributed by atoms with Crippen LogP contribution >= 0.6 is 0 Å². The summed E-state index contributed by atoms with van der Waals surface area (Å²) in [4.78, 5) is 14.3. The lowest BCUT2D eigenvalue weighted by molar-refractivity contribution is -0.118. The summed E-state index contributed by atoms with van der Waals surface area (Å²) < 4.78 is 0. The summed E-state index contributed by atoms with van der Waals surface area (Å²) in [5, 5.41) is 19.6. The Bertz CT molecular complexity index is 449. The third kappa shape index (κ3) is 3.77. The van der Waals surface area contributed by atoms with Crippen molar-refractivity contribution in [3.8, 4) is 0 Å². The van der Waals surface area contributed by atoms with E-state index >= 15 is 0 Å². The molecular weight excluding hydrogens is 268 g/mol. The van der Waals surface area contributed by atoms with Gasteiger partial charge in [-0.1, -0.05) is 0 Å². The SMILES string of the molecule is O=C(NCC1CC1)C1=CC=C(O)C(N2CCCNCC2)N1. The highest BCUT2D eigenvalue weighted by atomic mass is 16.3. The monoisotopic (exact) mass is 292 g/mol. The van der Waals surface area contributed by atoms with Crippen LogP contribution in [0.3, 0.4) is 0 Å². The van der Waals surface area contributed by atoms with Gasteiger partial charge in [0.25, 0.3) is 5.91 Å². The van der Waals surface area contributed by atoms with Gasteiger partial charge in [-0.3, -0.25) is 9.69 Å². The molecular formula is C15H24N4O2. The minimum absolute atomic E-state index is 0.0800. The van der Waals surface area contributed by atoms with Crippen LogP contribution in [0.2, 0.25) is 0 Å². The molecule has 3 rings (SSSR count). The molecule has 1 aliphatic carbocycles. The third-order valence-corrected chi connectivity index (χ3v) is 4.23. The number of aliphatic hydroxyl groups is 1. The Hall–Kier alpha value is -1.53. The van der Waals surface area contributed by atoms with Crippen molar-refractivity contribution in [2.24, 2.45) is 5.92 Å². The molecule has 0 aromatic rings. The average molecular weight is 292 g/mol. The molecule has 6 nitrogen and oxygen atoms in total. The molecule has 2 aliphatic heterocycles. The van der Waals surface area contributed by atoms with Crippen LogP contribution in [-0.2, 0) is 4.79 Å². The average Bonchev–Trinajstić information content (AvgIpc) is 3.32. The highest BCUT2D eigenvalue weighted by molar-refractivity contribution is 5.93. The molecule has 1 unspecified atom stereocenters. The molecule has 21 heavy (non-hydrogen) atoms. The lowest BCUT2D eigenvalue weighted by atomic mass is 10.2. The second kappa shape index (κ2) is 6.49. The van der Waals surface area contributed by atoms with E-state index in [0.29, 0.717) is 11.6 Å². The number of nitrogens with one attached hydrogen (secondary N) is 3. The lowest BCUT2D eigenvalue weighted by Gasteiger charge is -2.33. The summed E-state index contributed by atoms with van der Waals surface area (Å²) in [5.74, 6) is 0.855. The first-order valence-corrected chi connectivity index (χ1v) is 7.84. The second-order valence-corrected chi connectivity index (χ2v) is 6.01. The van der Waals surface area contributed by atoms with E-state index in [9.17, 15) is 9.90 Å². The van der Waals surface area contributed by atoms with E-state index in [1.54, 1.807) is 12.2 Å². The first-order valence-electron chi connectivity index (χ1n) is 7.84. The smallest absolute Gasteiger partial charge is 0.267 e. The number of rotatable bonds is 4. The quantitative estimate of drug-likeness (QED) is 0.590. The number of dihydropyridines is 1.